The number of nitrogens with one attached hydrogen (secondary N) is 1. The van der Waals surface area contributed by atoms with Gasteiger partial charge in [-0.3, -0.25) is 9.59 Å². The standard InChI is InChI=1S/C21H26N2O2S2/c1-13-5-8-15(9-6-13)26-11-3-4-18(24)23-21-19(20(22)25)16-10-7-14(2)12-17(16)27-21/h5-6,8-9,14H,3-4,7,10-12H2,1-2H3,(H2,22,25)(H,23,24). The van der Waals surface area contributed by atoms with Crippen molar-refractivity contribution in [1.29, 1.82) is 0 Å². The third-order valence-electron chi connectivity index (χ3n) is 4.85. The van der Waals surface area contributed by atoms with E-state index in [4.69, 9.17) is 5.73 Å². The van der Waals surface area contributed by atoms with Crippen molar-refractivity contribution in [3.8, 4) is 0 Å². The van der Waals surface area contributed by atoms with Crippen LogP contribution in [-0.2, 0) is 17.6 Å². The van der Waals surface area contributed by atoms with Crippen molar-refractivity contribution in [2.45, 2.75) is 50.8 Å². The fraction of sp³-hybridized carbons (Fsp3) is 0.429. The molecule has 0 fully saturated rings. The van der Waals surface area contributed by atoms with E-state index < -0.39 is 5.91 Å². The number of carbonyl (C=O) groups is 2. The van der Waals surface area contributed by atoms with E-state index in [2.05, 4.69) is 43.4 Å². The number of primary amides is 1. The molecule has 0 saturated heterocycles. The molecule has 3 N–H and O–H groups in total. The van der Waals surface area contributed by atoms with Gasteiger partial charge in [0.15, 0.2) is 0 Å². The first-order valence-corrected chi connectivity index (χ1v) is 11.2. The summed E-state index contributed by atoms with van der Waals surface area (Å²) in [6, 6.07) is 8.41. The number of benzene rings is 1. The van der Waals surface area contributed by atoms with Crippen LogP contribution in [0, 0.1) is 12.8 Å². The van der Waals surface area contributed by atoms with E-state index in [1.54, 1.807) is 11.8 Å². The van der Waals surface area contributed by atoms with Gasteiger partial charge < -0.3 is 11.1 Å². The number of amides is 2. The molecule has 2 amide bonds. The molecule has 1 heterocycles. The molecule has 4 nitrogen and oxygen atoms in total. The van der Waals surface area contributed by atoms with Crippen molar-refractivity contribution in [2.75, 3.05) is 11.1 Å². The maximum absolute atomic E-state index is 12.4. The number of carbonyl (C=O) groups excluding carboxylic acids is 2. The van der Waals surface area contributed by atoms with Crippen LogP contribution in [0.25, 0.3) is 0 Å². The zero-order chi connectivity index (χ0) is 19.4. The third-order valence-corrected chi connectivity index (χ3v) is 7.12. The van der Waals surface area contributed by atoms with Gasteiger partial charge in [0.25, 0.3) is 5.91 Å². The number of nitrogens with two attached hydrogens (primary N) is 1. The average Bonchev–Trinajstić information content (AvgIpc) is 2.97. The minimum Gasteiger partial charge on any atom is -0.365 e. The highest BCUT2D eigenvalue weighted by molar-refractivity contribution is 7.99. The molecule has 0 radical (unpaired) electrons. The maximum atomic E-state index is 12.4. The Bertz CT molecular complexity index is 827. The van der Waals surface area contributed by atoms with Crippen LogP contribution < -0.4 is 11.1 Å². The van der Waals surface area contributed by atoms with Crippen LogP contribution in [0.3, 0.4) is 0 Å². The summed E-state index contributed by atoms with van der Waals surface area (Å²) >= 11 is 3.28. The second-order valence-corrected chi connectivity index (χ2v) is 9.51. The predicted molar refractivity (Wildman–Crippen MR) is 114 cm³/mol. The zero-order valence-corrected chi connectivity index (χ0v) is 17.5. The minimum absolute atomic E-state index is 0.0475. The first-order chi connectivity index (χ1) is 12.9. The van der Waals surface area contributed by atoms with Crippen molar-refractivity contribution in [2.24, 2.45) is 11.7 Å². The molecule has 1 aliphatic carbocycles. The molecule has 1 unspecified atom stereocenters. The predicted octanol–water partition coefficient (Wildman–Crippen LogP) is 4.79. The fourth-order valence-electron chi connectivity index (χ4n) is 3.35. The van der Waals surface area contributed by atoms with E-state index in [9.17, 15) is 9.59 Å². The highest BCUT2D eigenvalue weighted by atomic mass is 32.2. The normalized spacial score (nSPS) is 16.0. The lowest BCUT2D eigenvalue weighted by Crippen LogP contribution is -2.19. The van der Waals surface area contributed by atoms with Crippen molar-refractivity contribution < 1.29 is 9.59 Å². The third kappa shape index (κ3) is 5.14. The van der Waals surface area contributed by atoms with Gasteiger partial charge in [-0.1, -0.05) is 24.6 Å². The topological polar surface area (TPSA) is 72.2 Å². The maximum Gasteiger partial charge on any atom is 0.251 e. The molecule has 1 aromatic heterocycles. The Morgan fingerprint density at radius 2 is 2.04 bits per heavy atom. The summed E-state index contributed by atoms with van der Waals surface area (Å²) in [5.74, 6) is 1.01. The Kier molecular flexibility index (Phi) is 6.60. The van der Waals surface area contributed by atoms with Crippen molar-refractivity contribution >= 4 is 39.9 Å². The Balaban J connectivity index is 1.54. The monoisotopic (exact) mass is 402 g/mol. The van der Waals surface area contributed by atoms with Crippen LogP contribution in [0.5, 0.6) is 0 Å². The molecule has 0 spiro atoms. The number of rotatable bonds is 7. The zero-order valence-electron chi connectivity index (χ0n) is 15.8. The Morgan fingerprint density at radius 3 is 2.74 bits per heavy atom. The number of hydrogen-bond acceptors (Lipinski definition) is 4. The summed E-state index contributed by atoms with van der Waals surface area (Å²) in [4.78, 5) is 26.7. The Hall–Kier alpha value is -1.79. The van der Waals surface area contributed by atoms with Crippen LogP contribution in [-0.4, -0.2) is 17.6 Å². The first-order valence-electron chi connectivity index (χ1n) is 9.37. The molecular weight excluding hydrogens is 376 g/mol. The molecule has 0 aliphatic heterocycles. The van der Waals surface area contributed by atoms with Crippen LogP contribution in [0.2, 0.25) is 0 Å². The lowest BCUT2D eigenvalue weighted by Gasteiger charge is -2.18. The highest BCUT2D eigenvalue weighted by Gasteiger charge is 2.27. The molecule has 2 aromatic rings. The number of fused-ring (bicyclic) bond motifs is 1. The van der Waals surface area contributed by atoms with E-state index in [1.807, 2.05) is 0 Å². The van der Waals surface area contributed by atoms with Crippen molar-refractivity contribution in [3.05, 3.63) is 45.8 Å². The van der Waals surface area contributed by atoms with Crippen LogP contribution in [0.1, 0.15) is 52.5 Å². The SMILES string of the molecule is Cc1ccc(SCCCC(=O)Nc2sc3c(c2C(N)=O)CCC(C)C3)cc1. The van der Waals surface area contributed by atoms with Gasteiger partial charge in [-0.25, -0.2) is 0 Å². The molecule has 6 heteroatoms. The fourth-order valence-corrected chi connectivity index (χ4v) is 5.63. The lowest BCUT2D eigenvalue weighted by atomic mass is 9.88. The van der Waals surface area contributed by atoms with Gasteiger partial charge in [-0.15, -0.1) is 23.1 Å². The summed E-state index contributed by atoms with van der Waals surface area (Å²) in [7, 11) is 0. The van der Waals surface area contributed by atoms with E-state index >= 15 is 0 Å². The summed E-state index contributed by atoms with van der Waals surface area (Å²) in [5.41, 5.74) is 8.43. The van der Waals surface area contributed by atoms with E-state index in [0.717, 1.165) is 37.0 Å². The first kappa shape index (κ1) is 20.0. The molecule has 0 bridgehead atoms. The quantitative estimate of drug-likeness (QED) is 0.516. The summed E-state index contributed by atoms with van der Waals surface area (Å²) in [5, 5.41) is 3.58. The Labute approximate surface area is 168 Å². The molecule has 3 rings (SSSR count). The van der Waals surface area contributed by atoms with Gasteiger partial charge >= 0.3 is 0 Å². The number of thiophene rings is 1. The van der Waals surface area contributed by atoms with Gasteiger partial charge in [0.2, 0.25) is 5.91 Å². The van der Waals surface area contributed by atoms with Crippen LogP contribution in [0.4, 0.5) is 5.00 Å². The largest absolute Gasteiger partial charge is 0.365 e. The van der Waals surface area contributed by atoms with Gasteiger partial charge in [0.1, 0.15) is 5.00 Å². The second-order valence-electron chi connectivity index (χ2n) is 7.23. The van der Waals surface area contributed by atoms with E-state index in [0.29, 0.717) is 22.9 Å². The van der Waals surface area contributed by atoms with Gasteiger partial charge in [-0.05, 0) is 62.0 Å². The number of thioether (sulfide) groups is 1. The van der Waals surface area contributed by atoms with Crippen LogP contribution >= 0.6 is 23.1 Å². The van der Waals surface area contributed by atoms with Crippen molar-refractivity contribution in [1.82, 2.24) is 0 Å². The molecule has 1 aromatic carbocycles. The van der Waals surface area contributed by atoms with Crippen molar-refractivity contribution in [3.63, 3.8) is 0 Å². The van der Waals surface area contributed by atoms with Crippen LogP contribution in [0.15, 0.2) is 29.2 Å². The Morgan fingerprint density at radius 1 is 1.30 bits per heavy atom. The number of aryl methyl sites for hydroxylation is 1. The number of anilines is 1. The molecule has 0 saturated carbocycles. The molecule has 1 aliphatic rings. The smallest absolute Gasteiger partial charge is 0.251 e. The minimum atomic E-state index is -0.438. The average molecular weight is 403 g/mol. The van der Waals surface area contributed by atoms with E-state index in [1.165, 1.54) is 26.7 Å². The summed E-state index contributed by atoms with van der Waals surface area (Å²) in [6.45, 7) is 4.29. The highest BCUT2D eigenvalue weighted by Crippen LogP contribution is 2.39. The second kappa shape index (κ2) is 8.93. The van der Waals surface area contributed by atoms with E-state index in [-0.39, 0.29) is 5.91 Å². The lowest BCUT2D eigenvalue weighted by molar-refractivity contribution is -0.116. The molecule has 27 heavy (non-hydrogen) atoms. The van der Waals surface area contributed by atoms with Gasteiger partial charge in [0, 0.05) is 16.2 Å². The molecular formula is C21H26N2O2S2. The summed E-state index contributed by atoms with van der Waals surface area (Å²) < 4.78 is 0. The number of hydrogen-bond donors (Lipinski definition) is 2. The summed E-state index contributed by atoms with van der Waals surface area (Å²) in [6.07, 6.45) is 4.12. The molecule has 1 atom stereocenters. The van der Waals surface area contributed by atoms with Gasteiger partial charge in [0.05, 0.1) is 5.56 Å². The van der Waals surface area contributed by atoms with Gasteiger partial charge in [-0.2, -0.15) is 0 Å². The molecule has 144 valence electrons.